The molecule has 0 saturated carbocycles. The number of methoxy groups -OCH3 is 1. The Morgan fingerprint density at radius 2 is 1.74 bits per heavy atom. The van der Waals surface area contributed by atoms with Gasteiger partial charge in [0.2, 0.25) is 5.91 Å². The molecule has 0 unspecified atom stereocenters. The highest BCUT2D eigenvalue weighted by atomic mass is 16.5. The van der Waals surface area contributed by atoms with Gasteiger partial charge in [-0.3, -0.25) is 9.59 Å². The van der Waals surface area contributed by atoms with E-state index in [0.717, 1.165) is 16.3 Å². The molecule has 3 aromatic rings. The molecule has 6 nitrogen and oxygen atoms in total. The summed E-state index contributed by atoms with van der Waals surface area (Å²) in [5.41, 5.74) is 2.29. The third-order valence-corrected chi connectivity index (χ3v) is 6.48. The number of carbonyl (C=O) groups is 2. The van der Waals surface area contributed by atoms with Crippen LogP contribution >= 0.6 is 0 Å². The third-order valence-electron chi connectivity index (χ3n) is 6.48. The summed E-state index contributed by atoms with van der Waals surface area (Å²) in [6.07, 6.45) is 1.29. The van der Waals surface area contributed by atoms with Crippen molar-refractivity contribution in [1.29, 1.82) is 5.26 Å². The summed E-state index contributed by atoms with van der Waals surface area (Å²) < 4.78 is 5.23. The molecular formula is C28H29N3O3. The second kappa shape index (κ2) is 11.0. The SMILES string of the molecule is COCCN(Cc1ccc(C#N)cc1)C(=O)C1CCN(C(=O)c2cccc3ccccc23)CC1. The molecule has 0 spiro atoms. The van der Waals surface area contributed by atoms with E-state index in [1.54, 1.807) is 19.2 Å². The van der Waals surface area contributed by atoms with Crippen molar-refractivity contribution in [1.82, 2.24) is 9.80 Å². The molecule has 1 fully saturated rings. The number of piperidine rings is 1. The van der Waals surface area contributed by atoms with Gasteiger partial charge in [0.1, 0.15) is 0 Å². The maximum absolute atomic E-state index is 13.4. The maximum atomic E-state index is 13.4. The summed E-state index contributed by atoms with van der Waals surface area (Å²) in [7, 11) is 1.63. The van der Waals surface area contributed by atoms with Crippen LogP contribution in [0.4, 0.5) is 0 Å². The molecule has 0 bridgehead atoms. The van der Waals surface area contributed by atoms with Gasteiger partial charge in [-0.15, -0.1) is 0 Å². The van der Waals surface area contributed by atoms with E-state index >= 15 is 0 Å². The van der Waals surface area contributed by atoms with E-state index in [0.29, 0.717) is 56.8 Å². The third kappa shape index (κ3) is 5.27. The number of nitrogens with zero attached hydrogens (tertiary/aromatic N) is 3. The van der Waals surface area contributed by atoms with Gasteiger partial charge in [0.15, 0.2) is 0 Å². The molecule has 1 heterocycles. The largest absolute Gasteiger partial charge is 0.383 e. The molecule has 0 N–H and O–H groups in total. The lowest BCUT2D eigenvalue weighted by Crippen LogP contribution is -2.45. The van der Waals surface area contributed by atoms with E-state index in [-0.39, 0.29) is 17.7 Å². The van der Waals surface area contributed by atoms with E-state index in [9.17, 15) is 9.59 Å². The monoisotopic (exact) mass is 455 g/mol. The topological polar surface area (TPSA) is 73.6 Å². The number of hydrogen-bond acceptors (Lipinski definition) is 4. The van der Waals surface area contributed by atoms with Crippen molar-refractivity contribution in [2.45, 2.75) is 19.4 Å². The van der Waals surface area contributed by atoms with Gasteiger partial charge in [0, 0.05) is 44.8 Å². The van der Waals surface area contributed by atoms with Crippen LogP contribution < -0.4 is 0 Å². The van der Waals surface area contributed by atoms with Crippen LogP contribution in [0.1, 0.15) is 34.3 Å². The molecule has 1 aliphatic rings. The first-order valence-corrected chi connectivity index (χ1v) is 11.6. The summed E-state index contributed by atoms with van der Waals surface area (Å²) in [6, 6.07) is 23.2. The second-order valence-electron chi connectivity index (χ2n) is 8.65. The highest BCUT2D eigenvalue weighted by molar-refractivity contribution is 6.07. The molecule has 0 aromatic heterocycles. The number of nitriles is 1. The second-order valence-corrected chi connectivity index (χ2v) is 8.65. The number of rotatable bonds is 7. The quantitative estimate of drug-likeness (QED) is 0.534. The van der Waals surface area contributed by atoms with Crippen LogP contribution in [0.3, 0.4) is 0 Å². The zero-order valence-electron chi connectivity index (χ0n) is 19.4. The van der Waals surface area contributed by atoms with Gasteiger partial charge in [-0.25, -0.2) is 0 Å². The van der Waals surface area contributed by atoms with Crippen molar-refractivity contribution in [3.8, 4) is 6.07 Å². The van der Waals surface area contributed by atoms with Crippen LogP contribution in [0.15, 0.2) is 66.7 Å². The number of hydrogen-bond donors (Lipinski definition) is 0. The summed E-state index contributed by atoms with van der Waals surface area (Å²) in [6.45, 7) is 2.56. The Morgan fingerprint density at radius 1 is 1.03 bits per heavy atom. The molecule has 3 aromatic carbocycles. The van der Waals surface area contributed by atoms with Crippen LogP contribution in [0.2, 0.25) is 0 Å². The van der Waals surface area contributed by atoms with Crippen molar-refractivity contribution in [3.63, 3.8) is 0 Å². The molecule has 6 heteroatoms. The van der Waals surface area contributed by atoms with Gasteiger partial charge < -0.3 is 14.5 Å². The van der Waals surface area contributed by atoms with E-state index in [4.69, 9.17) is 10.00 Å². The van der Waals surface area contributed by atoms with Gasteiger partial charge in [0.05, 0.1) is 18.2 Å². The lowest BCUT2D eigenvalue weighted by atomic mass is 9.94. The standard InChI is InChI=1S/C28H29N3O3/c1-34-18-17-31(20-22-11-9-21(19-29)10-12-22)27(32)24-13-15-30(16-14-24)28(33)26-8-4-6-23-5-2-3-7-25(23)26/h2-12,24H,13-18,20H2,1H3. The van der Waals surface area contributed by atoms with Crippen LogP contribution in [0.5, 0.6) is 0 Å². The van der Waals surface area contributed by atoms with Crippen molar-refractivity contribution in [3.05, 3.63) is 83.4 Å². The zero-order chi connectivity index (χ0) is 23.9. The Labute approximate surface area is 200 Å². The first-order chi connectivity index (χ1) is 16.6. The van der Waals surface area contributed by atoms with Crippen LogP contribution in [-0.4, -0.2) is 55.0 Å². The fourth-order valence-corrected chi connectivity index (χ4v) is 4.54. The zero-order valence-corrected chi connectivity index (χ0v) is 19.4. The summed E-state index contributed by atoms with van der Waals surface area (Å²) >= 11 is 0. The average Bonchev–Trinajstić information content (AvgIpc) is 2.90. The van der Waals surface area contributed by atoms with Crippen LogP contribution in [0.25, 0.3) is 10.8 Å². The highest BCUT2D eigenvalue weighted by Gasteiger charge is 2.31. The van der Waals surface area contributed by atoms with Crippen LogP contribution in [-0.2, 0) is 16.1 Å². The molecule has 0 atom stereocenters. The Kier molecular flexibility index (Phi) is 7.56. The molecule has 0 aliphatic carbocycles. The summed E-state index contributed by atoms with van der Waals surface area (Å²) in [5.74, 6) is 0.00185. The smallest absolute Gasteiger partial charge is 0.254 e. The van der Waals surface area contributed by atoms with E-state index in [2.05, 4.69) is 6.07 Å². The molecule has 174 valence electrons. The first-order valence-electron chi connectivity index (χ1n) is 11.6. The minimum absolute atomic E-state index is 0.0246. The highest BCUT2D eigenvalue weighted by Crippen LogP contribution is 2.25. The predicted molar refractivity (Wildman–Crippen MR) is 131 cm³/mol. The molecular weight excluding hydrogens is 426 g/mol. The number of ether oxygens (including phenoxy) is 1. The summed E-state index contributed by atoms with van der Waals surface area (Å²) in [4.78, 5) is 30.3. The average molecular weight is 456 g/mol. The fourth-order valence-electron chi connectivity index (χ4n) is 4.54. The van der Waals surface area contributed by atoms with Crippen LogP contribution in [0, 0.1) is 17.2 Å². The van der Waals surface area contributed by atoms with Crippen molar-refractivity contribution >= 4 is 22.6 Å². The van der Waals surface area contributed by atoms with Gasteiger partial charge in [-0.1, -0.05) is 48.5 Å². The number of likely N-dealkylation sites (tertiary alicyclic amines) is 1. The van der Waals surface area contributed by atoms with Gasteiger partial charge in [-0.2, -0.15) is 5.26 Å². The van der Waals surface area contributed by atoms with Gasteiger partial charge >= 0.3 is 0 Å². The van der Waals surface area contributed by atoms with Crippen molar-refractivity contribution < 1.29 is 14.3 Å². The van der Waals surface area contributed by atoms with E-state index in [1.165, 1.54) is 0 Å². The normalized spacial score (nSPS) is 14.1. The molecule has 1 saturated heterocycles. The van der Waals surface area contributed by atoms with Crippen molar-refractivity contribution in [2.75, 3.05) is 33.4 Å². The molecule has 1 aliphatic heterocycles. The van der Waals surface area contributed by atoms with Gasteiger partial charge in [-0.05, 0) is 47.4 Å². The lowest BCUT2D eigenvalue weighted by molar-refractivity contribution is -0.138. The van der Waals surface area contributed by atoms with E-state index in [1.807, 2.05) is 64.4 Å². The van der Waals surface area contributed by atoms with Crippen molar-refractivity contribution in [2.24, 2.45) is 5.92 Å². The molecule has 0 radical (unpaired) electrons. The lowest BCUT2D eigenvalue weighted by Gasteiger charge is -2.34. The Balaban J connectivity index is 1.41. The number of amides is 2. The number of benzene rings is 3. The minimum atomic E-state index is -0.119. The number of fused-ring (bicyclic) bond motifs is 1. The number of carbonyl (C=O) groups excluding carboxylic acids is 2. The summed E-state index contributed by atoms with van der Waals surface area (Å²) in [5, 5.41) is 11.0. The Morgan fingerprint density at radius 3 is 2.44 bits per heavy atom. The Bertz CT molecular complexity index is 1190. The Hall–Kier alpha value is -3.69. The molecule has 34 heavy (non-hydrogen) atoms. The van der Waals surface area contributed by atoms with Gasteiger partial charge in [0.25, 0.3) is 5.91 Å². The van der Waals surface area contributed by atoms with E-state index < -0.39 is 0 Å². The first kappa shape index (κ1) is 23.5. The maximum Gasteiger partial charge on any atom is 0.254 e. The minimum Gasteiger partial charge on any atom is -0.383 e. The predicted octanol–water partition coefficient (Wildman–Crippen LogP) is 4.24. The molecule has 4 rings (SSSR count). The fraction of sp³-hybridized carbons (Fsp3) is 0.321. The molecule has 2 amide bonds.